The zero-order chi connectivity index (χ0) is 14.1. The van der Waals surface area contributed by atoms with Gasteiger partial charge in [-0.3, -0.25) is 0 Å². The van der Waals surface area contributed by atoms with E-state index in [0.717, 1.165) is 13.0 Å². The van der Waals surface area contributed by atoms with Crippen molar-refractivity contribution in [2.45, 2.75) is 90.3 Å². The molecule has 0 saturated carbocycles. The van der Waals surface area contributed by atoms with Gasteiger partial charge in [-0.05, 0) is 34.1 Å². The van der Waals surface area contributed by atoms with E-state index < -0.39 is 5.91 Å². The third-order valence-electron chi connectivity index (χ3n) is 4.20. The lowest BCUT2D eigenvalue weighted by atomic mass is 9.92. The van der Waals surface area contributed by atoms with Crippen molar-refractivity contribution in [3.63, 3.8) is 0 Å². The molecule has 1 spiro atoms. The second kappa shape index (κ2) is 5.68. The first kappa shape index (κ1) is 15.2. The molecule has 1 unspecified atom stereocenters. The summed E-state index contributed by atoms with van der Waals surface area (Å²) in [5.74, 6) is -0.490. The van der Waals surface area contributed by atoms with Crippen LogP contribution in [0.15, 0.2) is 0 Å². The second-order valence-corrected chi connectivity index (χ2v) is 6.95. The Morgan fingerprint density at radius 3 is 2.42 bits per heavy atom. The van der Waals surface area contributed by atoms with Crippen LogP contribution in [0.5, 0.6) is 0 Å². The van der Waals surface area contributed by atoms with E-state index in [1.165, 1.54) is 25.7 Å². The van der Waals surface area contributed by atoms with Crippen molar-refractivity contribution < 1.29 is 9.78 Å². The Kier molecular flexibility index (Phi) is 4.56. The summed E-state index contributed by atoms with van der Waals surface area (Å²) < 4.78 is 0. The SMILES string of the molecule is CCCCCCC1NC(C)(C)CN(C(C)C)C12OO2. The molecule has 2 heterocycles. The van der Waals surface area contributed by atoms with Gasteiger partial charge < -0.3 is 5.32 Å². The highest BCUT2D eigenvalue weighted by Crippen LogP contribution is 2.44. The summed E-state index contributed by atoms with van der Waals surface area (Å²) in [4.78, 5) is 13.2. The number of hydrogen-bond donors (Lipinski definition) is 1. The predicted octanol–water partition coefficient (Wildman–Crippen LogP) is 3.03. The molecule has 0 aromatic heterocycles. The third-order valence-corrected chi connectivity index (χ3v) is 4.20. The minimum Gasteiger partial charge on any atom is -0.301 e. The zero-order valence-electron chi connectivity index (χ0n) is 13.2. The van der Waals surface area contributed by atoms with E-state index in [9.17, 15) is 0 Å². The summed E-state index contributed by atoms with van der Waals surface area (Å²) in [5.41, 5.74) is 0.111. The monoisotopic (exact) mass is 270 g/mol. The number of piperazine rings is 1. The fourth-order valence-electron chi connectivity index (χ4n) is 3.17. The van der Waals surface area contributed by atoms with Crippen molar-refractivity contribution in [3.8, 4) is 0 Å². The first-order valence-corrected chi connectivity index (χ1v) is 7.82. The Morgan fingerprint density at radius 2 is 1.89 bits per heavy atom. The number of nitrogens with zero attached hydrogens (tertiary/aromatic N) is 1. The molecule has 2 aliphatic rings. The predicted molar refractivity (Wildman–Crippen MR) is 76.5 cm³/mol. The van der Waals surface area contributed by atoms with Crippen LogP contribution in [-0.2, 0) is 9.78 Å². The number of nitrogens with one attached hydrogen (secondary N) is 1. The molecule has 1 N–H and O–H groups in total. The standard InChI is InChI=1S/C15H30N2O2/c1-6-7-8-9-10-13-15(18-19-15)17(12(2)3)11-14(4,5)16-13/h12-13,16H,6-11H2,1-5H3. The van der Waals surface area contributed by atoms with Crippen LogP contribution < -0.4 is 5.32 Å². The fraction of sp³-hybridized carbons (Fsp3) is 1.00. The first-order valence-electron chi connectivity index (χ1n) is 7.82. The molecule has 2 fully saturated rings. The largest absolute Gasteiger partial charge is 0.305 e. The molecule has 0 aliphatic carbocycles. The summed E-state index contributed by atoms with van der Waals surface area (Å²) >= 11 is 0. The van der Waals surface area contributed by atoms with E-state index in [2.05, 4.69) is 44.8 Å². The zero-order valence-corrected chi connectivity index (χ0v) is 13.2. The molecule has 2 saturated heterocycles. The van der Waals surface area contributed by atoms with E-state index in [1.807, 2.05) is 0 Å². The molecule has 4 heteroatoms. The van der Waals surface area contributed by atoms with Crippen LogP contribution >= 0.6 is 0 Å². The van der Waals surface area contributed by atoms with Gasteiger partial charge in [0, 0.05) is 18.1 Å². The van der Waals surface area contributed by atoms with Crippen LogP contribution in [0.1, 0.15) is 66.7 Å². The molecular weight excluding hydrogens is 240 g/mol. The van der Waals surface area contributed by atoms with Gasteiger partial charge in [-0.1, -0.05) is 32.6 Å². The highest BCUT2D eigenvalue weighted by Gasteiger charge is 2.64. The molecule has 0 amide bonds. The average molecular weight is 270 g/mol. The molecule has 4 nitrogen and oxygen atoms in total. The van der Waals surface area contributed by atoms with Crippen LogP contribution in [0, 0.1) is 0 Å². The van der Waals surface area contributed by atoms with Gasteiger partial charge >= 0.3 is 5.91 Å². The van der Waals surface area contributed by atoms with Crippen molar-refractivity contribution in [2.24, 2.45) is 0 Å². The van der Waals surface area contributed by atoms with Crippen molar-refractivity contribution in [2.75, 3.05) is 6.54 Å². The number of unbranched alkanes of at least 4 members (excludes halogenated alkanes) is 3. The summed E-state index contributed by atoms with van der Waals surface area (Å²) in [6.45, 7) is 12.1. The molecule has 0 bridgehead atoms. The van der Waals surface area contributed by atoms with Crippen LogP contribution in [-0.4, -0.2) is 35.0 Å². The number of rotatable bonds is 6. The summed E-state index contributed by atoms with van der Waals surface area (Å²) in [5, 5.41) is 3.72. The quantitative estimate of drug-likeness (QED) is 0.457. The Bertz CT molecular complexity index is 301. The van der Waals surface area contributed by atoms with E-state index in [0.29, 0.717) is 6.04 Å². The molecule has 2 aliphatic heterocycles. The van der Waals surface area contributed by atoms with E-state index >= 15 is 0 Å². The van der Waals surface area contributed by atoms with Crippen LogP contribution in [0.2, 0.25) is 0 Å². The maximum absolute atomic E-state index is 5.44. The third kappa shape index (κ3) is 3.30. The van der Waals surface area contributed by atoms with Gasteiger partial charge in [0.1, 0.15) is 0 Å². The Hall–Kier alpha value is -0.160. The Labute approximate surface area is 117 Å². The molecule has 0 aromatic rings. The maximum atomic E-state index is 5.44. The van der Waals surface area contributed by atoms with Gasteiger partial charge in [-0.15, -0.1) is 0 Å². The van der Waals surface area contributed by atoms with Crippen molar-refractivity contribution in [1.82, 2.24) is 10.2 Å². The molecule has 0 aromatic carbocycles. The smallest absolute Gasteiger partial charge is 0.301 e. The molecular formula is C15H30N2O2. The Morgan fingerprint density at radius 1 is 1.21 bits per heavy atom. The van der Waals surface area contributed by atoms with Gasteiger partial charge in [-0.25, -0.2) is 4.90 Å². The minimum atomic E-state index is -0.490. The maximum Gasteiger partial charge on any atom is 0.305 e. The van der Waals surface area contributed by atoms with E-state index in [-0.39, 0.29) is 11.6 Å². The Balaban J connectivity index is 1.99. The van der Waals surface area contributed by atoms with Gasteiger partial charge in [0.05, 0.1) is 6.04 Å². The highest BCUT2D eigenvalue weighted by molar-refractivity contribution is 5.02. The van der Waals surface area contributed by atoms with Gasteiger partial charge in [-0.2, -0.15) is 9.78 Å². The van der Waals surface area contributed by atoms with Gasteiger partial charge in [0.2, 0.25) is 0 Å². The summed E-state index contributed by atoms with van der Waals surface area (Å²) in [6.07, 6.45) is 6.25. The van der Waals surface area contributed by atoms with Gasteiger partial charge in [0.15, 0.2) is 0 Å². The van der Waals surface area contributed by atoms with Crippen molar-refractivity contribution in [1.29, 1.82) is 0 Å². The molecule has 2 rings (SSSR count). The van der Waals surface area contributed by atoms with Crippen LogP contribution in [0.3, 0.4) is 0 Å². The summed E-state index contributed by atoms with van der Waals surface area (Å²) in [6, 6.07) is 0.706. The molecule has 112 valence electrons. The topological polar surface area (TPSA) is 40.3 Å². The van der Waals surface area contributed by atoms with Crippen molar-refractivity contribution >= 4 is 0 Å². The summed E-state index contributed by atoms with van der Waals surface area (Å²) in [7, 11) is 0. The molecule has 1 atom stereocenters. The highest BCUT2D eigenvalue weighted by atomic mass is 17.4. The molecule has 19 heavy (non-hydrogen) atoms. The minimum absolute atomic E-state index is 0.111. The molecule has 0 radical (unpaired) electrons. The normalized spacial score (nSPS) is 29.1. The van der Waals surface area contributed by atoms with Crippen LogP contribution in [0.4, 0.5) is 0 Å². The second-order valence-electron chi connectivity index (χ2n) is 6.95. The lowest BCUT2D eigenvalue weighted by Gasteiger charge is -2.47. The van der Waals surface area contributed by atoms with Crippen LogP contribution in [0.25, 0.3) is 0 Å². The average Bonchev–Trinajstić information content (AvgIpc) is 3.10. The van der Waals surface area contributed by atoms with Gasteiger partial charge in [0.25, 0.3) is 0 Å². The van der Waals surface area contributed by atoms with Crippen molar-refractivity contribution in [3.05, 3.63) is 0 Å². The first-order chi connectivity index (χ1) is 8.91. The fourth-order valence-corrected chi connectivity index (χ4v) is 3.17. The van der Waals surface area contributed by atoms with E-state index in [1.54, 1.807) is 0 Å². The lowest BCUT2D eigenvalue weighted by molar-refractivity contribution is -0.0542. The van der Waals surface area contributed by atoms with E-state index in [4.69, 9.17) is 9.78 Å². The number of hydrogen-bond acceptors (Lipinski definition) is 4. The lowest BCUT2D eigenvalue weighted by Crippen LogP contribution is -2.69.